The standard InChI is InChI=1S/C17H27Cl2N/c1-16(2,3)13(11-20-17(4,5)6)9-12-7-8-14(18)10-15(12)19/h7-8,10,13,20H,9,11H2,1-6H3. The van der Waals surface area contributed by atoms with Crippen LogP contribution in [-0.2, 0) is 6.42 Å². The summed E-state index contributed by atoms with van der Waals surface area (Å²) < 4.78 is 0. The van der Waals surface area contributed by atoms with Gasteiger partial charge in [0.05, 0.1) is 0 Å². The quantitative estimate of drug-likeness (QED) is 0.764. The van der Waals surface area contributed by atoms with Crippen LogP contribution in [-0.4, -0.2) is 12.1 Å². The van der Waals surface area contributed by atoms with Crippen molar-refractivity contribution in [2.24, 2.45) is 11.3 Å². The lowest BCUT2D eigenvalue weighted by Crippen LogP contribution is -2.42. The Kier molecular flexibility index (Phi) is 5.95. The van der Waals surface area contributed by atoms with Crippen LogP contribution in [0, 0.1) is 11.3 Å². The van der Waals surface area contributed by atoms with E-state index in [-0.39, 0.29) is 11.0 Å². The second-order valence-electron chi connectivity index (χ2n) is 7.63. The fourth-order valence-electron chi connectivity index (χ4n) is 2.07. The molecule has 1 aromatic carbocycles. The van der Waals surface area contributed by atoms with Crippen molar-refractivity contribution in [3.05, 3.63) is 33.8 Å². The molecular formula is C17H27Cl2N. The van der Waals surface area contributed by atoms with Gasteiger partial charge in [-0.3, -0.25) is 0 Å². The van der Waals surface area contributed by atoms with Gasteiger partial charge in [-0.1, -0.05) is 50.0 Å². The first kappa shape index (κ1) is 17.8. The average molecular weight is 316 g/mol. The fourth-order valence-corrected chi connectivity index (χ4v) is 2.55. The lowest BCUT2D eigenvalue weighted by molar-refractivity contribution is 0.214. The minimum Gasteiger partial charge on any atom is -0.312 e. The minimum atomic E-state index is 0.132. The van der Waals surface area contributed by atoms with Crippen LogP contribution in [0.2, 0.25) is 10.0 Å². The Morgan fingerprint density at radius 1 is 1.05 bits per heavy atom. The van der Waals surface area contributed by atoms with Crippen LogP contribution in [0.15, 0.2) is 18.2 Å². The Morgan fingerprint density at radius 3 is 2.10 bits per heavy atom. The van der Waals surface area contributed by atoms with Crippen LogP contribution >= 0.6 is 23.2 Å². The molecule has 114 valence electrons. The molecule has 0 saturated carbocycles. The maximum absolute atomic E-state index is 6.31. The molecule has 0 aliphatic carbocycles. The summed E-state index contributed by atoms with van der Waals surface area (Å²) in [5.41, 5.74) is 1.53. The van der Waals surface area contributed by atoms with Crippen LogP contribution in [0.4, 0.5) is 0 Å². The summed E-state index contributed by atoms with van der Waals surface area (Å²) in [5.74, 6) is 0.514. The summed E-state index contributed by atoms with van der Waals surface area (Å²) in [6.07, 6.45) is 0.961. The van der Waals surface area contributed by atoms with Crippen LogP contribution in [0.1, 0.15) is 47.1 Å². The maximum atomic E-state index is 6.31. The van der Waals surface area contributed by atoms with Crippen molar-refractivity contribution in [1.29, 1.82) is 0 Å². The summed E-state index contributed by atoms with van der Waals surface area (Å²) >= 11 is 12.3. The zero-order valence-corrected chi connectivity index (χ0v) is 15.0. The minimum absolute atomic E-state index is 0.132. The molecule has 20 heavy (non-hydrogen) atoms. The third-order valence-corrected chi connectivity index (χ3v) is 4.17. The molecule has 0 radical (unpaired) electrons. The van der Waals surface area contributed by atoms with Crippen LogP contribution in [0.5, 0.6) is 0 Å². The van der Waals surface area contributed by atoms with Gasteiger partial charge in [0.15, 0.2) is 0 Å². The smallest absolute Gasteiger partial charge is 0.0452 e. The molecule has 1 nitrogen and oxygen atoms in total. The highest BCUT2D eigenvalue weighted by atomic mass is 35.5. The van der Waals surface area contributed by atoms with E-state index in [2.05, 4.69) is 46.9 Å². The summed E-state index contributed by atoms with van der Waals surface area (Å²) in [6.45, 7) is 14.4. The van der Waals surface area contributed by atoms with E-state index in [1.165, 1.54) is 5.56 Å². The predicted octanol–water partition coefficient (Wildman–Crippen LogP) is 5.59. The van der Waals surface area contributed by atoms with E-state index >= 15 is 0 Å². The van der Waals surface area contributed by atoms with Gasteiger partial charge in [-0.2, -0.15) is 0 Å². The van der Waals surface area contributed by atoms with Gasteiger partial charge in [-0.25, -0.2) is 0 Å². The zero-order chi connectivity index (χ0) is 15.6. The predicted molar refractivity (Wildman–Crippen MR) is 90.9 cm³/mol. The van der Waals surface area contributed by atoms with Crippen molar-refractivity contribution < 1.29 is 0 Å². The van der Waals surface area contributed by atoms with Gasteiger partial charge in [0.25, 0.3) is 0 Å². The number of rotatable bonds is 4. The molecule has 1 N–H and O–H groups in total. The van der Waals surface area contributed by atoms with E-state index in [0.29, 0.717) is 10.9 Å². The molecule has 0 spiro atoms. The van der Waals surface area contributed by atoms with Crippen molar-refractivity contribution in [2.45, 2.75) is 53.5 Å². The summed E-state index contributed by atoms with van der Waals surface area (Å²) in [4.78, 5) is 0. The molecule has 1 rings (SSSR count). The van der Waals surface area contributed by atoms with Crippen molar-refractivity contribution in [3.63, 3.8) is 0 Å². The van der Waals surface area contributed by atoms with Crippen molar-refractivity contribution >= 4 is 23.2 Å². The molecule has 1 unspecified atom stereocenters. The Labute approximate surface area is 134 Å². The maximum Gasteiger partial charge on any atom is 0.0452 e. The first-order valence-electron chi connectivity index (χ1n) is 7.18. The molecule has 0 aliphatic heterocycles. The summed E-state index contributed by atoms with van der Waals surface area (Å²) in [5, 5.41) is 5.07. The van der Waals surface area contributed by atoms with E-state index in [0.717, 1.165) is 18.0 Å². The van der Waals surface area contributed by atoms with E-state index in [1.807, 2.05) is 18.2 Å². The largest absolute Gasteiger partial charge is 0.312 e. The first-order chi connectivity index (χ1) is 8.99. The summed E-state index contributed by atoms with van der Waals surface area (Å²) in [7, 11) is 0. The lowest BCUT2D eigenvalue weighted by Gasteiger charge is -2.34. The molecule has 1 aromatic rings. The summed E-state index contributed by atoms with van der Waals surface area (Å²) in [6, 6.07) is 5.79. The third-order valence-electron chi connectivity index (χ3n) is 3.58. The van der Waals surface area contributed by atoms with Crippen LogP contribution < -0.4 is 5.32 Å². The Hall–Kier alpha value is -0.240. The molecule has 0 heterocycles. The van der Waals surface area contributed by atoms with E-state index < -0.39 is 0 Å². The fraction of sp³-hybridized carbons (Fsp3) is 0.647. The SMILES string of the molecule is CC(C)(C)NCC(Cc1ccc(Cl)cc1Cl)C(C)(C)C. The average Bonchev–Trinajstić information content (AvgIpc) is 2.23. The zero-order valence-electron chi connectivity index (χ0n) is 13.5. The van der Waals surface area contributed by atoms with Gasteiger partial charge < -0.3 is 5.32 Å². The van der Waals surface area contributed by atoms with Gasteiger partial charge in [-0.15, -0.1) is 0 Å². The molecule has 0 aliphatic rings. The Morgan fingerprint density at radius 2 is 1.65 bits per heavy atom. The number of halogens is 2. The van der Waals surface area contributed by atoms with Crippen LogP contribution in [0.3, 0.4) is 0 Å². The van der Waals surface area contributed by atoms with Crippen LogP contribution in [0.25, 0.3) is 0 Å². The molecule has 0 aromatic heterocycles. The number of nitrogens with one attached hydrogen (secondary N) is 1. The molecule has 1 atom stereocenters. The lowest BCUT2D eigenvalue weighted by atomic mass is 9.77. The van der Waals surface area contributed by atoms with Crippen molar-refractivity contribution in [1.82, 2.24) is 5.32 Å². The first-order valence-corrected chi connectivity index (χ1v) is 7.93. The number of benzene rings is 1. The second-order valence-corrected chi connectivity index (χ2v) is 8.48. The molecule has 3 heteroatoms. The monoisotopic (exact) mass is 315 g/mol. The van der Waals surface area contributed by atoms with Crippen molar-refractivity contribution in [3.8, 4) is 0 Å². The molecular weight excluding hydrogens is 289 g/mol. The normalized spacial score (nSPS) is 14.4. The molecule has 0 fully saturated rings. The van der Waals surface area contributed by atoms with E-state index in [1.54, 1.807) is 0 Å². The third kappa shape index (κ3) is 6.03. The highest BCUT2D eigenvalue weighted by molar-refractivity contribution is 6.35. The van der Waals surface area contributed by atoms with Gasteiger partial charge in [-0.05, 0) is 62.8 Å². The van der Waals surface area contributed by atoms with Gasteiger partial charge in [0.1, 0.15) is 0 Å². The Bertz CT molecular complexity index is 441. The Balaban J connectivity index is 2.85. The van der Waals surface area contributed by atoms with Gasteiger partial charge in [0, 0.05) is 15.6 Å². The second kappa shape index (κ2) is 6.68. The molecule has 0 amide bonds. The number of hydrogen-bond acceptors (Lipinski definition) is 1. The highest BCUT2D eigenvalue weighted by Crippen LogP contribution is 2.32. The van der Waals surface area contributed by atoms with Crippen molar-refractivity contribution in [2.75, 3.05) is 6.54 Å². The topological polar surface area (TPSA) is 12.0 Å². The number of hydrogen-bond donors (Lipinski definition) is 1. The van der Waals surface area contributed by atoms with Gasteiger partial charge in [0.2, 0.25) is 0 Å². The molecule has 0 bridgehead atoms. The van der Waals surface area contributed by atoms with E-state index in [4.69, 9.17) is 23.2 Å². The van der Waals surface area contributed by atoms with E-state index in [9.17, 15) is 0 Å². The highest BCUT2D eigenvalue weighted by Gasteiger charge is 2.26. The molecule has 0 saturated heterocycles. The van der Waals surface area contributed by atoms with Gasteiger partial charge >= 0.3 is 0 Å².